The lowest BCUT2D eigenvalue weighted by Gasteiger charge is -2.30. The molecule has 0 atom stereocenters. The summed E-state index contributed by atoms with van der Waals surface area (Å²) in [6, 6.07) is 79.1. The van der Waals surface area contributed by atoms with Gasteiger partial charge in [0.15, 0.2) is 11.2 Å². The van der Waals surface area contributed by atoms with Crippen molar-refractivity contribution in [3.63, 3.8) is 0 Å². The number of rotatable bonds is 8. The first-order valence-corrected chi connectivity index (χ1v) is 24.8. The molecule has 2 heterocycles. The summed E-state index contributed by atoms with van der Waals surface area (Å²) in [5.74, 6) is 0. The van der Waals surface area contributed by atoms with Crippen molar-refractivity contribution in [3.05, 3.63) is 241 Å². The second-order valence-electron chi connectivity index (χ2n) is 19.3. The summed E-state index contributed by atoms with van der Waals surface area (Å²) < 4.78 is 14.4. The summed E-state index contributed by atoms with van der Waals surface area (Å²) in [5, 5.41) is 11.5. The first-order valence-electron chi connectivity index (χ1n) is 24.8. The Morgan fingerprint density at radius 3 is 0.986 bits per heavy atom. The SMILES string of the molecule is Cc1ccccc1-c1cccc2c1oc1c(N(c3ccccc3C)c3ccc4ccc5c(N(c6ccccc6C)c6cccc7c6oc6c(-c8ccccc8C)cccc67)ccc6ccc3c4c65)cccc12. The van der Waals surface area contributed by atoms with E-state index < -0.39 is 0 Å². The van der Waals surface area contributed by atoms with E-state index in [1.54, 1.807) is 0 Å². The summed E-state index contributed by atoms with van der Waals surface area (Å²) in [7, 11) is 0. The molecule has 0 saturated carbocycles. The van der Waals surface area contributed by atoms with Gasteiger partial charge in [-0.25, -0.2) is 0 Å². The lowest BCUT2D eigenvalue weighted by molar-refractivity contribution is 0.670. The van der Waals surface area contributed by atoms with Crippen LogP contribution in [0.3, 0.4) is 0 Å². The van der Waals surface area contributed by atoms with E-state index in [1.807, 2.05) is 0 Å². The van der Waals surface area contributed by atoms with Gasteiger partial charge >= 0.3 is 0 Å². The Kier molecular flexibility index (Phi) is 9.43. The van der Waals surface area contributed by atoms with Gasteiger partial charge in [0.05, 0.1) is 22.7 Å². The summed E-state index contributed by atoms with van der Waals surface area (Å²) >= 11 is 0. The standard InChI is InChI=1S/C68H48N2O2/c1-41-17-5-9-21-47(41)49-23-13-25-51-53-27-15-31-61(67(53)71-65(49)51)69(57-29-11-7-19-43(57)3)59-39-35-45-34-38-56-60(40-36-46-33-37-55(59)63(45)64(46)56)70(58-30-12-8-20-44(58)4)62-32-16-28-54-52-26-14-24-50(66(52)72-68(54)62)48-22-10-6-18-42(48)2/h5-40H,1-4H3. The van der Waals surface area contributed by atoms with Gasteiger partial charge in [0.1, 0.15) is 11.2 Å². The molecule has 4 nitrogen and oxygen atoms in total. The summed E-state index contributed by atoms with van der Waals surface area (Å²) in [4.78, 5) is 4.85. The summed E-state index contributed by atoms with van der Waals surface area (Å²) in [6.07, 6.45) is 0. The van der Waals surface area contributed by atoms with E-state index in [0.29, 0.717) is 0 Å². The van der Waals surface area contributed by atoms with E-state index in [-0.39, 0.29) is 0 Å². The van der Waals surface area contributed by atoms with E-state index >= 15 is 0 Å². The average molecular weight is 925 g/mol. The van der Waals surface area contributed by atoms with Gasteiger partial charge in [0.25, 0.3) is 0 Å². The Balaban J connectivity index is 1.01. The Labute approximate surface area is 417 Å². The molecule has 0 spiro atoms. The van der Waals surface area contributed by atoms with Crippen LogP contribution in [0.15, 0.2) is 227 Å². The van der Waals surface area contributed by atoms with Crippen LogP contribution in [-0.2, 0) is 0 Å². The topological polar surface area (TPSA) is 32.8 Å². The van der Waals surface area contributed by atoms with Crippen molar-refractivity contribution in [2.24, 2.45) is 0 Å². The third-order valence-corrected chi connectivity index (χ3v) is 15.2. The molecule has 14 aromatic rings. The Bertz CT molecular complexity index is 4190. The molecule has 0 N–H and O–H groups in total. The Hall–Kier alpha value is -9.12. The van der Waals surface area contributed by atoms with Crippen LogP contribution < -0.4 is 9.80 Å². The molecule has 72 heavy (non-hydrogen) atoms. The number of fused-ring (bicyclic) bond motifs is 6. The highest BCUT2D eigenvalue weighted by molar-refractivity contribution is 6.29. The number of nitrogens with zero attached hydrogens (tertiary/aromatic N) is 2. The summed E-state index contributed by atoms with van der Waals surface area (Å²) in [5.41, 5.74) is 19.1. The maximum Gasteiger partial charge on any atom is 0.159 e. The largest absolute Gasteiger partial charge is 0.453 e. The first-order chi connectivity index (χ1) is 35.4. The predicted octanol–water partition coefficient (Wildman–Crippen LogP) is 19.9. The third kappa shape index (κ3) is 6.25. The fourth-order valence-corrected chi connectivity index (χ4v) is 11.7. The lowest BCUT2D eigenvalue weighted by atomic mass is 9.91. The molecule has 0 amide bonds. The molecule has 342 valence electrons. The monoisotopic (exact) mass is 924 g/mol. The third-order valence-electron chi connectivity index (χ3n) is 15.2. The molecule has 0 fully saturated rings. The Morgan fingerprint density at radius 1 is 0.236 bits per heavy atom. The summed E-state index contributed by atoms with van der Waals surface area (Å²) in [6.45, 7) is 8.74. The van der Waals surface area contributed by atoms with Crippen LogP contribution in [-0.4, -0.2) is 0 Å². The van der Waals surface area contributed by atoms with Crippen LogP contribution in [0, 0.1) is 27.7 Å². The second kappa shape index (κ2) is 16.2. The molecule has 0 unspecified atom stereocenters. The van der Waals surface area contributed by atoms with E-state index in [1.165, 1.54) is 54.9 Å². The van der Waals surface area contributed by atoms with Crippen LogP contribution >= 0.6 is 0 Å². The van der Waals surface area contributed by atoms with Gasteiger partial charge in [-0.3, -0.25) is 0 Å². The fourth-order valence-electron chi connectivity index (χ4n) is 11.7. The Morgan fingerprint density at radius 2 is 0.569 bits per heavy atom. The van der Waals surface area contributed by atoms with E-state index in [2.05, 4.69) is 256 Å². The van der Waals surface area contributed by atoms with Gasteiger partial charge in [-0.1, -0.05) is 182 Å². The van der Waals surface area contributed by atoms with Crippen LogP contribution in [0.4, 0.5) is 34.1 Å². The highest BCUT2D eigenvalue weighted by Gasteiger charge is 2.27. The van der Waals surface area contributed by atoms with Crippen molar-refractivity contribution in [3.8, 4) is 22.3 Å². The van der Waals surface area contributed by atoms with Crippen molar-refractivity contribution in [1.29, 1.82) is 0 Å². The van der Waals surface area contributed by atoms with Crippen molar-refractivity contribution < 1.29 is 8.83 Å². The predicted molar refractivity (Wildman–Crippen MR) is 304 cm³/mol. The van der Waals surface area contributed by atoms with E-state index in [9.17, 15) is 0 Å². The molecule has 12 aromatic carbocycles. The van der Waals surface area contributed by atoms with Gasteiger partial charge in [-0.15, -0.1) is 0 Å². The zero-order valence-electron chi connectivity index (χ0n) is 40.5. The van der Waals surface area contributed by atoms with Crippen LogP contribution in [0.1, 0.15) is 22.3 Å². The molecular formula is C68H48N2O2. The molecule has 0 aliphatic heterocycles. The fraction of sp³-hybridized carbons (Fsp3) is 0.0588. The molecule has 0 aliphatic carbocycles. The molecule has 4 heteroatoms. The minimum absolute atomic E-state index is 0.851. The average Bonchev–Trinajstić information content (AvgIpc) is 4.00. The molecule has 0 radical (unpaired) electrons. The minimum atomic E-state index is 0.851. The zero-order chi connectivity index (χ0) is 48.2. The van der Waals surface area contributed by atoms with Gasteiger partial charge in [-0.05, 0) is 119 Å². The maximum absolute atomic E-state index is 7.18. The number of furan rings is 2. The van der Waals surface area contributed by atoms with Crippen molar-refractivity contribution >= 4 is 110 Å². The van der Waals surface area contributed by atoms with Gasteiger partial charge < -0.3 is 18.6 Å². The number of benzene rings is 12. The quantitative estimate of drug-likeness (QED) is 0.142. The molecule has 0 aliphatic rings. The smallest absolute Gasteiger partial charge is 0.159 e. The van der Waals surface area contributed by atoms with Crippen molar-refractivity contribution in [2.75, 3.05) is 9.80 Å². The lowest BCUT2D eigenvalue weighted by Crippen LogP contribution is -2.13. The zero-order valence-corrected chi connectivity index (χ0v) is 40.5. The van der Waals surface area contributed by atoms with Crippen LogP contribution in [0.5, 0.6) is 0 Å². The van der Waals surface area contributed by atoms with E-state index in [0.717, 1.165) is 99.9 Å². The van der Waals surface area contributed by atoms with E-state index in [4.69, 9.17) is 8.83 Å². The van der Waals surface area contributed by atoms with Gasteiger partial charge in [0.2, 0.25) is 0 Å². The number of hydrogen-bond acceptors (Lipinski definition) is 4. The molecule has 14 rings (SSSR count). The minimum Gasteiger partial charge on any atom is -0.453 e. The molecule has 0 saturated heterocycles. The number of aryl methyl sites for hydroxylation is 4. The normalized spacial score (nSPS) is 11.9. The van der Waals surface area contributed by atoms with Crippen molar-refractivity contribution in [2.45, 2.75) is 27.7 Å². The highest BCUT2D eigenvalue weighted by Crippen LogP contribution is 2.52. The number of para-hydroxylation sites is 6. The maximum atomic E-state index is 7.18. The molecular weight excluding hydrogens is 877 g/mol. The second-order valence-corrected chi connectivity index (χ2v) is 19.3. The van der Waals surface area contributed by atoms with Gasteiger partial charge in [-0.2, -0.15) is 0 Å². The number of anilines is 6. The van der Waals surface area contributed by atoms with Crippen LogP contribution in [0.25, 0.3) is 98.4 Å². The highest BCUT2D eigenvalue weighted by atomic mass is 16.3. The molecule has 0 bridgehead atoms. The van der Waals surface area contributed by atoms with Gasteiger partial charge in [0, 0.05) is 54.8 Å². The molecule has 2 aromatic heterocycles. The first kappa shape index (κ1) is 41.8. The van der Waals surface area contributed by atoms with Crippen LogP contribution in [0.2, 0.25) is 0 Å². The number of hydrogen-bond donors (Lipinski definition) is 0. The van der Waals surface area contributed by atoms with Crippen molar-refractivity contribution in [1.82, 2.24) is 0 Å².